The highest BCUT2D eigenvalue weighted by atomic mass is 127. The second-order valence-corrected chi connectivity index (χ2v) is 3.51. The second-order valence-electron chi connectivity index (χ2n) is 2.44. The number of Topliss-reactive ketones (excluding diaryl/α,β-unsaturated/α-hetero) is 1. The third-order valence-corrected chi connectivity index (χ3v) is 2.15. The molecule has 0 aliphatic carbocycles. The van der Waals surface area contributed by atoms with Crippen LogP contribution in [0.5, 0.6) is 0 Å². The lowest BCUT2D eigenvalue weighted by Crippen LogP contribution is -2.24. The highest BCUT2D eigenvalue weighted by molar-refractivity contribution is 14.1. The van der Waals surface area contributed by atoms with Crippen LogP contribution in [0.15, 0.2) is 0 Å². The fraction of sp³-hybridized carbons (Fsp3) is 0.857. The van der Waals surface area contributed by atoms with Gasteiger partial charge in [-0.3, -0.25) is 4.79 Å². The topological polar surface area (TPSA) is 37.3 Å². The monoisotopic (exact) mass is 256 g/mol. The van der Waals surface area contributed by atoms with Gasteiger partial charge in [0.05, 0.1) is 6.10 Å². The van der Waals surface area contributed by atoms with Crippen molar-refractivity contribution in [2.45, 2.75) is 26.4 Å². The number of hydrogen-bond acceptors (Lipinski definition) is 2. The summed E-state index contributed by atoms with van der Waals surface area (Å²) in [5.74, 6) is -0.0661. The molecule has 0 saturated heterocycles. The first-order valence-electron chi connectivity index (χ1n) is 3.34. The molecule has 1 N–H and O–H groups in total. The Morgan fingerprint density at radius 1 is 1.70 bits per heavy atom. The van der Waals surface area contributed by atoms with Crippen LogP contribution in [-0.2, 0) is 4.79 Å². The first-order chi connectivity index (χ1) is 4.59. The minimum Gasteiger partial charge on any atom is -0.393 e. The molecule has 0 aromatic rings. The molecule has 0 saturated carbocycles. The van der Waals surface area contributed by atoms with Crippen LogP contribution in [0.25, 0.3) is 0 Å². The molecular formula is C7H13IO2. The maximum atomic E-state index is 10.8. The minimum atomic E-state index is -0.493. The Bertz CT molecular complexity index is 112. The maximum Gasteiger partial charge on any atom is 0.135 e. The highest BCUT2D eigenvalue weighted by Gasteiger charge is 2.18. The van der Waals surface area contributed by atoms with E-state index in [-0.39, 0.29) is 11.7 Å². The average molecular weight is 256 g/mol. The summed E-state index contributed by atoms with van der Waals surface area (Å²) in [6, 6.07) is 0. The van der Waals surface area contributed by atoms with Crippen LogP contribution >= 0.6 is 22.6 Å². The summed E-state index contributed by atoms with van der Waals surface area (Å²) in [7, 11) is 0. The molecule has 0 aromatic carbocycles. The standard InChI is InChI=1S/C7H13IO2/c1-5(9)7(3-4-8)6(2)10/h5,7,9H,3-4H2,1-2H3/t5-,7+/m0/s1. The summed E-state index contributed by atoms with van der Waals surface area (Å²) < 4.78 is 0.924. The molecule has 2 atom stereocenters. The average Bonchev–Trinajstić information content (AvgIpc) is 1.81. The van der Waals surface area contributed by atoms with Crippen molar-refractivity contribution in [1.82, 2.24) is 0 Å². The Morgan fingerprint density at radius 3 is 2.30 bits per heavy atom. The zero-order chi connectivity index (χ0) is 8.15. The SMILES string of the molecule is CC(=O)[C@H](CCI)[C@H](C)O. The number of carbonyl (C=O) groups is 1. The van der Waals surface area contributed by atoms with Crippen LogP contribution in [-0.4, -0.2) is 21.4 Å². The van der Waals surface area contributed by atoms with Gasteiger partial charge in [-0.15, -0.1) is 0 Å². The Labute approximate surface area is 75.1 Å². The van der Waals surface area contributed by atoms with E-state index in [1.807, 2.05) is 0 Å². The van der Waals surface area contributed by atoms with Crippen molar-refractivity contribution >= 4 is 28.4 Å². The van der Waals surface area contributed by atoms with E-state index in [9.17, 15) is 4.79 Å². The van der Waals surface area contributed by atoms with Crippen molar-refractivity contribution in [1.29, 1.82) is 0 Å². The number of aliphatic hydroxyl groups is 1. The fourth-order valence-electron chi connectivity index (χ4n) is 0.902. The van der Waals surface area contributed by atoms with Gasteiger partial charge < -0.3 is 5.11 Å². The van der Waals surface area contributed by atoms with Gasteiger partial charge in [0.1, 0.15) is 5.78 Å². The predicted molar refractivity (Wildman–Crippen MR) is 49.4 cm³/mol. The van der Waals surface area contributed by atoms with Crippen LogP contribution < -0.4 is 0 Å². The van der Waals surface area contributed by atoms with E-state index in [2.05, 4.69) is 22.6 Å². The predicted octanol–water partition coefficient (Wildman–Crippen LogP) is 1.40. The van der Waals surface area contributed by atoms with Gasteiger partial charge in [-0.25, -0.2) is 0 Å². The Balaban J connectivity index is 3.85. The van der Waals surface area contributed by atoms with Crippen LogP contribution in [0.1, 0.15) is 20.3 Å². The normalized spacial score (nSPS) is 16.4. The quantitative estimate of drug-likeness (QED) is 0.609. The van der Waals surface area contributed by atoms with Gasteiger partial charge in [0.25, 0.3) is 0 Å². The molecule has 0 aliphatic rings. The van der Waals surface area contributed by atoms with Gasteiger partial charge >= 0.3 is 0 Å². The van der Waals surface area contributed by atoms with Gasteiger partial charge in [0.15, 0.2) is 0 Å². The van der Waals surface area contributed by atoms with Crippen molar-refractivity contribution in [3.63, 3.8) is 0 Å². The molecule has 0 aliphatic heterocycles. The van der Waals surface area contributed by atoms with E-state index >= 15 is 0 Å². The molecule has 0 fully saturated rings. The molecule has 3 heteroatoms. The van der Waals surface area contributed by atoms with Gasteiger partial charge in [-0.2, -0.15) is 0 Å². The highest BCUT2D eigenvalue weighted by Crippen LogP contribution is 2.11. The van der Waals surface area contributed by atoms with E-state index in [4.69, 9.17) is 5.11 Å². The smallest absolute Gasteiger partial charge is 0.135 e. The number of rotatable bonds is 4. The van der Waals surface area contributed by atoms with Crippen molar-refractivity contribution in [3.05, 3.63) is 0 Å². The van der Waals surface area contributed by atoms with Gasteiger partial charge in [0.2, 0.25) is 0 Å². The number of carbonyl (C=O) groups excluding carboxylic acids is 1. The zero-order valence-electron chi connectivity index (χ0n) is 6.30. The van der Waals surface area contributed by atoms with Gasteiger partial charge in [0, 0.05) is 10.3 Å². The third-order valence-electron chi connectivity index (χ3n) is 1.52. The molecular weight excluding hydrogens is 243 g/mol. The summed E-state index contributed by atoms with van der Waals surface area (Å²) in [6.07, 6.45) is 0.292. The van der Waals surface area contributed by atoms with Crippen molar-refractivity contribution in [2.24, 2.45) is 5.92 Å². The molecule has 0 aromatic heterocycles. The number of ketones is 1. The molecule has 0 bridgehead atoms. The van der Waals surface area contributed by atoms with E-state index < -0.39 is 6.10 Å². The van der Waals surface area contributed by atoms with E-state index in [1.54, 1.807) is 6.92 Å². The lowest BCUT2D eigenvalue weighted by atomic mass is 9.97. The summed E-state index contributed by atoms with van der Waals surface area (Å²) in [5, 5.41) is 9.09. The first kappa shape index (κ1) is 10.4. The number of aliphatic hydroxyl groups excluding tert-OH is 1. The second kappa shape index (κ2) is 5.07. The molecule has 0 heterocycles. The largest absolute Gasteiger partial charge is 0.393 e. The maximum absolute atomic E-state index is 10.8. The molecule has 2 nitrogen and oxygen atoms in total. The molecule has 0 amide bonds. The van der Waals surface area contributed by atoms with E-state index in [0.29, 0.717) is 0 Å². The number of hydrogen-bond donors (Lipinski definition) is 1. The van der Waals surface area contributed by atoms with Crippen molar-refractivity contribution < 1.29 is 9.90 Å². The van der Waals surface area contributed by atoms with Crippen LogP contribution in [0.3, 0.4) is 0 Å². The first-order valence-corrected chi connectivity index (χ1v) is 4.86. The summed E-state index contributed by atoms with van der Waals surface area (Å²) in [5.41, 5.74) is 0. The van der Waals surface area contributed by atoms with E-state index in [0.717, 1.165) is 10.8 Å². The van der Waals surface area contributed by atoms with Crippen LogP contribution in [0, 0.1) is 5.92 Å². The van der Waals surface area contributed by atoms with Gasteiger partial charge in [-0.1, -0.05) is 22.6 Å². The van der Waals surface area contributed by atoms with Crippen molar-refractivity contribution in [2.75, 3.05) is 4.43 Å². The number of halogens is 1. The molecule has 0 spiro atoms. The molecule has 60 valence electrons. The van der Waals surface area contributed by atoms with Gasteiger partial charge in [-0.05, 0) is 20.3 Å². The lowest BCUT2D eigenvalue weighted by molar-refractivity contribution is -0.123. The Morgan fingerprint density at radius 2 is 2.20 bits per heavy atom. The third kappa shape index (κ3) is 3.51. The Kier molecular flexibility index (Phi) is 5.25. The molecule has 10 heavy (non-hydrogen) atoms. The van der Waals surface area contributed by atoms with Crippen LogP contribution in [0.4, 0.5) is 0 Å². The lowest BCUT2D eigenvalue weighted by Gasteiger charge is -2.14. The molecule has 0 radical (unpaired) electrons. The molecule has 0 rings (SSSR count). The van der Waals surface area contributed by atoms with E-state index in [1.165, 1.54) is 6.92 Å². The zero-order valence-corrected chi connectivity index (χ0v) is 8.46. The summed E-state index contributed by atoms with van der Waals surface area (Å²) >= 11 is 2.21. The Hall–Kier alpha value is 0.360. The fourth-order valence-corrected chi connectivity index (χ4v) is 1.57. The molecule has 0 unspecified atom stereocenters. The summed E-state index contributed by atoms with van der Waals surface area (Å²) in [6.45, 7) is 3.20. The summed E-state index contributed by atoms with van der Waals surface area (Å²) in [4.78, 5) is 10.8. The van der Waals surface area contributed by atoms with Crippen molar-refractivity contribution in [3.8, 4) is 0 Å². The van der Waals surface area contributed by atoms with Crippen LogP contribution in [0.2, 0.25) is 0 Å². The number of alkyl halides is 1. The minimum absolute atomic E-state index is 0.0895.